The number of fused-ring (bicyclic) bond motifs is 1. The summed E-state index contributed by atoms with van der Waals surface area (Å²) in [6.45, 7) is 1.84. The standard InChI is InChI=1S/C15H20FN3O/c16-11-5-1-2-6-12(11)18-15(14(17)20)8-10-19-9-4-3-7-13(15)19/h1-2,5-6,13,18H,3-4,7-10H2,(H2,17,20). The molecular weight excluding hydrogens is 257 g/mol. The molecule has 0 aliphatic carbocycles. The van der Waals surface area contributed by atoms with Gasteiger partial charge >= 0.3 is 0 Å². The van der Waals surface area contributed by atoms with Crippen molar-refractivity contribution in [2.45, 2.75) is 37.3 Å². The molecule has 5 heteroatoms. The number of nitrogens with one attached hydrogen (secondary N) is 1. The van der Waals surface area contributed by atoms with E-state index in [-0.39, 0.29) is 17.8 Å². The van der Waals surface area contributed by atoms with Crippen molar-refractivity contribution in [3.63, 3.8) is 0 Å². The summed E-state index contributed by atoms with van der Waals surface area (Å²) in [5, 5.41) is 3.13. The van der Waals surface area contributed by atoms with Crippen molar-refractivity contribution in [1.82, 2.24) is 4.90 Å². The number of nitrogens with zero attached hydrogens (tertiary/aromatic N) is 1. The Morgan fingerprint density at radius 1 is 1.35 bits per heavy atom. The summed E-state index contributed by atoms with van der Waals surface area (Å²) in [4.78, 5) is 14.4. The van der Waals surface area contributed by atoms with Crippen LogP contribution in [0.1, 0.15) is 25.7 Å². The van der Waals surface area contributed by atoms with E-state index in [1.54, 1.807) is 18.2 Å². The molecule has 0 bridgehead atoms. The lowest BCUT2D eigenvalue weighted by Crippen LogP contribution is -2.59. The third-order valence-electron chi connectivity index (χ3n) is 4.65. The first-order chi connectivity index (χ1) is 9.63. The molecule has 108 valence electrons. The zero-order chi connectivity index (χ0) is 14.2. The predicted molar refractivity (Wildman–Crippen MR) is 75.8 cm³/mol. The second-order valence-electron chi connectivity index (χ2n) is 5.74. The highest BCUT2D eigenvalue weighted by molar-refractivity contribution is 5.89. The zero-order valence-corrected chi connectivity index (χ0v) is 11.4. The maximum Gasteiger partial charge on any atom is 0.244 e. The van der Waals surface area contributed by atoms with Crippen molar-refractivity contribution in [2.24, 2.45) is 5.73 Å². The molecule has 2 aliphatic heterocycles. The number of rotatable bonds is 3. The minimum absolute atomic E-state index is 0.0772. The van der Waals surface area contributed by atoms with Crippen molar-refractivity contribution < 1.29 is 9.18 Å². The summed E-state index contributed by atoms with van der Waals surface area (Å²) >= 11 is 0. The fourth-order valence-corrected chi connectivity index (χ4v) is 3.60. The van der Waals surface area contributed by atoms with E-state index in [4.69, 9.17) is 5.73 Å². The van der Waals surface area contributed by atoms with E-state index in [1.807, 2.05) is 0 Å². The normalized spacial score (nSPS) is 29.9. The van der Waals surface area contributed by atoms with Crippen molar-refractivity contribution >= 4 is 11.6 Å². The van der Waals surface area contributed by atoms with E-state index in [0.29, 0.717) is 12.1 Å². The van der Waals surface area contributed by atoms with Crippen molar-refractivity contribution in [3.8, 4) is 0 Å². The van der Waals surface area contributed by atoms with Gasteiger partial charge in [-0.25, -0.2) is 4.39 Å². The third kappa shape index (κ3) is 2.06. The van der Waals surface area contributed by atoms with Gasteiger partial charge < -0.3 is 11.1 Å². The number of halogens is 1. The van der Waals surface area contributed by atoms with Crippen molar-refractivity contribution in [3.05, 3.63) is 30.1 Å². The van der Waals surface area contributed by atoms with Gasteiger partial charge in [0, 0.05) is 12.6 Å². The predicted octanol–water partition coefficient (Wildman–Crippen LogP) is 1.72. The smallest absolute Gasteiger partial charge is 0.244 e. The molecule has 0 spiro atoms. The van der Waals surface area contributed by atoms with Crippen molar-refractivity contribution in [1.29, 1.82) is 0 Å². The van der Waals surface area contributed by atoms with Crippen LogP contribution in [-0.4, -0.2) is 35.5 Å². The lowest BCUT2D eigenvalue weighted by molar-refractivity contribution is -0.123. The molecule has 2 unspecified atom stereocenters. The third-order valence-corrected chi connectivity index (χ3v) is 4.65. The summed E-state index contributed by atoms with van der Waals surface area (Å²) in [7, 11) is 0. The Kier molecular flexibility index (Phi) is 3.38. The first-order valence-corrected chi connectivity index (χ1v) is 7.20. The summed E-state index contributed by atoms with van der Waals surface area (Å²) in [5.41, 5.74) is 5.20. The van der Waals surface area contributed by atoms with Gasteiger partial charge in [0.05, 0.1) is 5.69 Å². The molecule has 0 aromatic heterocycles. The first-order valence-electron chi connectivity index (χ1n) is 7.20. The Bertz CT molecular complexity index is 522. The second kappa shape index (κ2) is 5.05. The molecule has 20 heavy (non-hydrogen) atoms. The van der Waals surface area contributed by atoms with E-state index < -0.39 is 5.54 Å². The number of carbonyl (C=O) groups excluding carboxylic acids is 1. The van der Waals surface area contributed by atoms with E-state index in [2.05, 4.69) is 10.2 Å². The van der Waals surface area contributed by atoms with E-state index in [0.717, 1.165) is 32.4 Å². The number of nitrogens with two attached hydrogens (primary N) is 1. The van der Waals surface area contributed by atoms with Gasteiger partial charge in [-0.2, -0.15) is 0 Å². The van der Waals surface area contributed by atoms with Gasteiger partial charge in [0.1, 0.15) is 11.4 Å². The average molecular weight is 277 g/mol. The fourth-order valence-electron chi connectivity index (χ4n) is 3.60. The van der Waals surface area contributed by atoms with Crippen LogP contribution in [0.25, 0.3) is 0 Å². The van der Waals surface area contributed by atoms with Gasteiger partial charge in [0.2, 0.25) is 5.91 Å². The molecule has 1 amide bonds. The summed E-state index contributed by atoms with van der Waals surface area (Å²) in [5.74, 6) is -0.725. The molecule has 2 heterocycles. The lowest BCUT2D eigenvalue weighted by atomic mass is 9.84. The van der Waals surface area contributed by atoms with Gasteiger partial charge in [0.25, 0.3) is 0 Å². The fraction of sp³-hybridized carbons (Fsp3) is 0.533. The molecule has 0 radical (unpaired) electrons. The van der Waals surface area contributed by atoms with Crippen LogP contribution >= 0.6 is 0 Å². The van der Waals surface area contributed by atoms with Gasteiger partial charge in [-0.3, -0.25) is 9.69 Å². The highest BCUT2D eigenvalue weighted by Crippen LogP contribution is 2.37. The number of hydrogen-bond acceptors (Lipinski definition) is 3. The topological polar surface area (TPSA) is 58.4 Å². The lowest BCUT2D eigenvalue weighted by Gasteiger charge is -2.39. The molecule has 1 aromatic carbocycles. The van der Waals surface area contributed by atoms with Crippen molar-refractivity contribution in [2.75, 3.05) is 18.4 Å². The highest BCUT2D eigenvalue weighted by atomic mass is 19.1. The molecule has 2 aliphatic rings. The van der Waals surface area contributed by atoms with Crippen LogP contribution in [0.5, 0.6) is 0 Å². The number of benzene rings is 1. The van der Waals surface area contributed by atoms with E-state index >= 15 is 0 Å². The Morgan fingerprint density at radius 2 is 2.15 bits per heavy atom. The molecule has 0 saturated carbocycles. The Balaban J connectivity index is 1.93. The minimum Gasteiger partial charge on any atom is -0.368 e. The zero-order valence-electron chi connectivity index (χ0n) is 11.4. The number of piperidine rings is 1. The first kappa shape index (κ1) is 13.4. The molecule has 2 saturated heterocycles. The summed E-state index contributed by atoms with van der Waals surface area (Å²) in [6.07, 6.45) is 3.83. The molecular formula is C15H20FN3O. The Hall–Kier alpha value is -1.62. The largest absolute Gasteiger partial charge is 0.368 e. The van der Waals surface area contributed by atoms with Crippen LogP contribution in [-0.2, 0) is 4.79 Å². The van der Waals surface area contributed by atoms with Crippen LogP contribution in [0.15, 0.2) is 24.3 Å². The van der Waals surface area contributed by atoms with E-state index in [1.165, 1.54) is 6.07 Å². The maximum absolute atomic E-state index is 13.9. The van der Waals surface area contributed by atoms with Crippen LogP contribution in [0, 0.1) is 5.82 Å². The molecule has 2 fully saturated rings. The van der Waals surface area contributed by atoms with E-state index in [9.17, 15) is 9.18 Å². The Morgan fingerprint density at radius 3 is 2.90 bits per heavy atom. The van der Waals surface area contributed by atoms with Gasteiger partial charge in [-0.05, 0) is 37.9 Å². The second-order valence-corrected chi connectivity index (χ2v) is 5.74. The van der Waals surface area contributed by atoms with Gasteiger partial charge in [0.15, 0.2) is 0 Å². The molecule has 2 atom stereocenters. The molecule has 4 nitrogen and oxygen atoms in total. The van der Waals surface area contributed by atoms with Crippen LogP contribution in [0.3, 0.4) is 0 Å². The molecule has 3 rings (SSSR count). The highest BCUT2D eigenvalue weighted by Gasteiger charge is 2.52. The number of carbonyl (C=O) groups is 1. The SMILES string of the molecule is NC(=O)C1(Nc2ccccc2F)CCN2CCCCC21. The van der Waals surface area contributed by atoms with Crippen LogP contribution in [0.4, 0.5) is 10.1 Å². The molecule has 3 N–H and O–H groups in total. The quantitative estimate of drug-likeness (QED) is 0.884. The number of para-hydroxylation sites is 1. The van der Waals surface area contributed by atoms with Gasteiger partial charge in [-0.1, -0.05) is 18.6 Å². The van der Waals surface area contributed by atoms with Crippen LogP contribution in [0.2, 0.25) is 0 Å². The number of anilines is 1. The monoisotopic (exact) mass is 277 g/mol. The van der Waals surface area contributed by atoms with Gasteiger partial charge in [-0.15, -0.1) is 0 Å². The number of hydrogen-bond donors (Lipinski definition) is 2. The summed E-state index contributed by atoms with van der Waals surface area (Å²) < 4.78 is 13.9. The van der Waals surface area contributed by atoms with Crippen LogP contribution < -0.4 is 11.1 Å². The summed E-state index contributed by atoms with van der Waals surface area (Å²) in [6, 6.07) is 6.52. The maximum atomic E-state index is 13.9. The minimum atomic E-state index is -0.845. The number of amides is 1. The number of primary amides is 1. The Labute approximate surface area is 118 Å². The average Bonchev–Trinajstić information content (AvgIpc) is 2.82. The molecule has 1 aromatic rings.